The third kappa shape index (κ3) is 4.47. The van der Waals surface area contributed by atoms with Crippen molar-refractivity contribution in [3.8, 4) is 23.0 Å². The maximum absolute atomic E-state index is 10.3. The molecule has 33 heavy (non-hydrogen) atoms. The molecule has 5 rings (SSSR count). The fraction of sp³-hybridized carbons (Fsp3) is 0.400. The summed E-state index contributed by atoms with van der Waals surface area (Å²) in [7, 11) is 1.73. The van der Waals surface area contributed by atoms with Gasteiger partial charge in [0.15, 0.2) is 6.29 Å². The predicted octanol–water partition coefficient (Wildman–Crippen LogP) is 3.57. The van der Waals surface area contributed by atoms with E-state index in [1.807, 2.05) is 56.3 Å². The van der Waals surface area contributed by atoms with E-state index >= 15 is 0 Å². The molecule has 0 aliphatic carbocycles. The second kappa shape index (κ2) is 9.15. The monoisotopic (exact) mass is 452 g/mol. The first-order valence-electron chi connectivity index (χ1n) is 11.1. The minimum Gasteiger partial charge on any atom is -0.491 e. The minimum atomic E-state index is -0.676. The van der Waals surface area contributed by atoms with Gasteiger partial charge in [-0.2, -0.15) is 0 Å². The molecule has 2 aromatic carbocycles. The summed E-state index contributed by atoms with van der Waals surface area (Å²) in [5.41, 5.74) is 1.73. The zero-order valence-electron chi connectivity index (χ0n) is 18.9. The van der Waals surface area contributed by atoms with Crippen LogP contribution in [0.4, 0.5) is 0 Å². The lowest BCUT2D eigenvalue weighted by Crippen LogP contribution is -2.36. The van der Waals surface area contributed by atoms with Gasteiger partial charge in [0.1, 0.15) is 48.0 Å². The van der Waals surface area contributed by atoms with Crippen LogP contribution in [0.25, 0.3) is 10.9 Å². The number of pyridine rings is 1. The molecule has 0 amide bonds. The van der Waals surface area contributed by atoms with Gasteiger partial charge in [0.05, 0.1) is 18.0 Å². The van der Waals surface area contributed by atoms with E-state index in [0.29, 0.717) is 30.5 Å². The number of aromatic nitrogens is 1. The van der Waals surface area contributed by atoms with Gasteiger partial charge in [0.25, 0.3) is 0 Å². The van der Waals surface area contributed by atoms with Crippen molar-refractivity contribution in [2.45, 2.75) is 44.5 Å². The number of aliphatic hydroxyl groups is 1. The van der Waals surface area contributed by atoms with Crippen molar-refractivity contribution in [1.29, 1.82) is 0 Å². The van der Waals surface area contributed by atoms with E-state index in [-0.39, 0.29) is 24.4 Å². The summed E-state index contributed by atoms with van der Waals surface area (Å²) >= 11 is 0. The fourth-order valence-electron chi connectivity index (χ4n) is 4.36. The number of hydrogen-bond acceptors (Lipinski definition) is 8. The normalized spacial score (nSPS) is 25.0. The maximum Gasteiger partial charge on any atom is 0.155 e. The molecule has 5 atom stereocenters. The van der Waals surface area contributed by atoms with Crippen molar-refractivity contribution in [2.24, 2.45) is 0 Å². The highest BCUT2D eigenvalue weighted by Crippen LogP contribution is 2.42. The second-order valence-corrected chi connectivity index (χ2v) is 8.34. The van der Waals surface area contributed by atoms with Crippen LogP contribution in [-0.4, -0.2) is 55.1 Å². The van der Waals surface area contributed by atoms with E-state index in [1.165, 1.54) is 0 Å². The Balaban J connectivity index is 1.33. The number of nitrogens with zero attached hydrogens (tertiary/aromatic N) is 1. The summed E-state index contributed by atoms with van der Waals surface area (Å²) in [4.78, 5) is 4.47. The third-order valence-electron chi connectivity index (χ3n) is 6.04. The van der Waals surface area contributed by atoms with Gasteiger partial charge >= 0.3 is 0 Å². The first-order valence-corrected chi connectivity index (χ1v) is 11.1. The van der Waals surface area contributed by atoms with Gasteiger partial charge in [-0.1, -0.05) is 6.07 Å². The Labute approximate surface area is 192 Å². The number of hydrogen-bond donors (Lipinski definition) is 2. The lowest BCUT2D eigenvalue weighted by atomic mass is 9.94. The molecule has 3 aromatic rings. The summed E-state index contributed by atoms with van der Waals surface area (Å²) in [6, 6.07) is 13.3. The number of aliphatic hydroxyl groups excluding tert-OH is 1. The number of benzene rings is 2. The van der Waals surface area contributed by atoms with Crippen LogP contribution in [0.15, 0.2) is 48.7 Å². The highest BCUT2D eigenvalue weighted by Gasteiger charge is 2.36. The molecule has 8 heteroatoms. The molecule has 2 N–H and O–H groups in total. The molecule has 174 valence electrons. The molecule has 2 aliphatic heterocycles. The second-order valence-electron chi connectivity index (χ2n) is 8.34. The van der Waals surface area contributed by atoms with Crippen LogP contribution in [0.1, 0.15) is 25.3 Å². The molecule has 3 heterocycles. The van der Waals surface area contributed by atoms with Gasteiger partial charge < -0.3 is 28.8 Å². The Morgan fingerprint density at radius 3 is 2.79 bits per heavy atom. The summed E-state index contributed by atoms with van der Waals surface area (Å²) < 4.78 is 29.0. The molecule has 8 nitrogen and oxygen atoms in total. The largest absolute Gasteiger partial charge is 0.491 e. The van der Waals surface area contributed by atoms with Crippen molar-refractivity contribution in [3.05, 3.63) is 54.2 Å². The van der Waals surface area contributed by atoms with E-state index in [1.54, 1.807) is 13.2 Å². The summed E-state index contributed by atoms with van der Waals surface area (Å²) in [5, 5.41) is 14.0. The van der Waals surface area contributed by atoms with Crippen molar-refractivity contribution < 1.29 is 28.8 Å². The summed E-state index contributed by atoms with van der Waals surface area (Å²) in [5.74, 6) is 2.64. The third-order valence-corrected chi connectivity index (χ3v) is 6.04. The molecule has 2 aliphatic rings. The highest BCUT2D eigenvalue weighted by atomic mass is 16.7. The molecule has 1 saturated heterocycles. The molecule has 0 radical (unpaired) electrons. The van der Waals surface area contributed by atoms with Gasteiger partial charge in [-0.3, -0.25) is 10.3 Å². The maximum atomic E-state index is 10.3. The Morgan fingerprint density at radius 2 is 2.00 bits per heavy atom. The van der Waals surface area contributed by atoms with Crippen LogP contribution >= 0.6 is 0 Å². The Bertz CT molecular complexity index is 1140. The predicted molar refractivity (Wildman–Crippen MR) is 122 cm³/mol. The highest BCUT2D eigenvalue weighted by molar-refractivity contribution is 5.86. The van der Waals surface area contributed by atoms with Crippen LogP contribution in [0.5, 0.6) is 23.0 Å². The minimum absolute atomic E-state index is 0.0723. The molecule has 0 spiro atoms. The van der Waals surface area contributed by atoms with Crippen LogP contribution in [-0.2, 0) is 9.47 Å². The van der Waals surface area contributed by atoms with Gasteiger partial charge in [-0.15, -0.1) is 0 Å². The van der Waals surface area contributed by atoms with Gasteiger partial charge in [-0.25, -0.2) is 0 Å². The van der Waals surface area contributed by atoms with Crippen molar-refractivity contribution in [3.63, 3.8) is 0 Å². The standard InChI is InChI=1S/C25H28N2O6/c1-14-24(25(28)26-3)20-7-5-17(11-23(20)31-14)33-22-8-9-27-21-10-16(4-6-19(21)22)30-13-18-12-29-15(2)32-18/h4-11,14-15,18,24-26,28H,12-13H2,1-3H3. The smallest absolute Gasteiger partial charge is 0.155 e. The zero-order valence-corrected chi connectivity index (χ0v) is 18.9. The van der Waals surface area contributed by atoms with E-state index in [2.05, 4.69) is 10.3 Å². The Morgan fingerprint density at radius 1 is 1.15 bits per heavy atom. The molecule has 1 aromatic heterocycles. The molecule has 1 fully saturated rings. The average molecular weight is 453 g/mol. The van der Waals surface area contributed by atoms with Gasteiger partial charge in [-0.05, 0) is 45.2 Å². The van der Waals surface area contributed by atoms with Crippen LogP contribution in [0, 0.1) is 0 Å². The molecular weight excluding hydrogens is 424 g/mol. The fourth-order valence-corrected chi connectivity index (χ4v) is 4.36. The molecular formula is C25H28N2O6. The Kier molecular flexibility index (Phi) is 6.07. The van der Waals surface area contributed by atoms with E-state index in [0.717, 1.165) is 22.2 Å². The first-order chi connectivity index (χ1) is 16.0. The quantitative estimate of drug-likeness (QED) is 0.526. The lowest BCUT2D eigenvalue weighted by molar-refractivity contribution is -0.0486. The SMILES string of the molecule is CNC(O)C1c2ccc(Oc3ccnc4cc(OCC5COC(C)O5)ccc34)cc2OC1C. The topological polar surface area (TPSA) is 91.3 Å². The summed E-state index contributed by atoms with van der Waals surface area (Å²) in [6.07, 6.45) is 0.634. The van der Waals surface area contributed by atoms with Gasteiger partial charge in [0.2, 0.25) is 0 Å². The zero-order chi connectivity index (χ0) is 22.9. The van der Waals surface area contributed by atoms with Crippen molar-refractivity contribution >= 4 is 10.9 Å². The van der Waals surface area contributed by atoms with E-state index in [9.17, 15) is 5.11 Å². The van der Waals surface area contributed by atoms with Crippen LogP contribution in [0.3, 0.4) is 0 Å². The average Bonchev–Trinajstić information content (AvgIpc) is 3.38. The number of nitrogens with one attached hydrogen (secondary N) is 1. The molecule has 0 saturated carbocycles. The molecule has 5 unspecified atom stereocenters. The van der Waals surface area contributed by atoms with Crippen LogP contribution < -0.4 is 19.5 Å². The van der Waals surface area contributed by atoms with Crippen LogP contribution in [0.2, 0.25) is 0 Å². The lowest BCUT2D eigenvalue weighted by Gasteiger charge is -2.20. The number of likely N-dealkylation sites (N-methyl/N-ethyl adjacent to an activating group) is 1. The number of ether oxygens (including phenoxy) is 5. The number of fused-ring (bicyclic) bond motifs is 2. The summed E-state index contributed by atoms with van der Waals surface area (Å²) in [6.45, 7) is 4.78. The first kappa shape index (κ1) is 21.9. The van der Waals surface area contributed by atoms with Crippen molar-refractivity contribution in [2.75, 3.05) is 20.3 Å². The van der Waals surface area contributed by atoms with E-state index in [4.69, 9.17) is 23.7 Å². The molecule has 0 bridgehead atoms. The van der Waals surface area contributed by atoms with Gasteiger partial charge in [0, 0.05) is 29.3 Å². The Hall–Kier alpha value is -2.91. The van der Waals surface area contributed by atoms with E-state index < -0.39 is 6.23 Å². The number of rotatable bonds is 7. The van der Waals surface area contributed by atoms with Crippen molar-refractivity contribution in [1.82, 2.24) is 10.3 Å².